The summed E-state index contributed by atoms with van der Waals surface area (Å²) in [7, 11) is 1.57. The fourth-order valence-corrected chi connectivity index (χ4v) is 3.58. The number of amides is 2. The number of ether oxygens (including phenoxy) is 1. The molecule has 2 amide bonds. The van der Waals surface area contributed by atoms with Crippen molar-refractivity contribution in [3.63, 3.8) is 0 Å². The van der Waals surface area contributed by atoms with Crippen molar-refractivity contribution in [1.82, 2.24) is 4.98 Å². The van der Waals surface area contributed by atoms with Crippen molar-refractivity contribution in [2.75, 3.05) is 17.7 Å². The first kappa shape index (κ1) is 21.8. The molecule has 0 unspecified atom stereocenters. The molecule has 0 aromatic heterocycles. The first-order valence-electron chi connectivity index (χ1n) is 10.4. The number of H-pyrrole nitrogens is 1. The maximum absolute atomic E-state index is 12.6. The molecule has 0 radical (unpaired) electrons. The van der Waals surface area contributed by atoms with E-state index in [2.05, 4.69) is 15.6 Å². The minimum absolute atomic E-state index is 0.179. The highest BCUT2D eigenvalue weighted by atomic mass is 16.5. The summed E-state index contributed by atoms with van der Waals surface area (Å²) >= 11 is 0. The van der Waals surface area contributed by atoms with Crippen LogP contribution in [0.4, 0.5) is 21.9 Å². The maximum Gasteiger partial charge on any atom is 0.323 e. The van der Waals surface area contributed by atoms with Crippen LogP contribution in [0.2, 0.25) is 0 Å². The Kier molecular flexibility index (Phi) is 6.22. The molecule has 33 heavy (non-hydrogen) atoms. The van der Waals surface area contributed by atoms with Gasteiger partial charge >= 0.3 is 6.03 Å². The number of hydrogen-bond donors (Lipinski definition) is 3. The molecule has 2 aromatic carbocycles. The van der Waals surface area contributed by atoms with Crippen molar-refractivity contribution in [3.05, 3.63) is 94.3 Å². The molecule has 0 saturated heterocycles. The zero-order chi connectivity index (χ0) is 23.4. The van der Waals surface area contributed by atoms with Crippen LogP contribution in [-0.2, 0) is 0 Å². The Morgan fingerprint density at radius 3 is 2.48 bits per heavy atom. The fourth-order valence-electron chi connectivity index (χ4n) is 3.58. The van der Waals surface area contributed by atoms with Crippen LogP contribution in [0.3, 0.4) is 0 Å². The van der Waals surface area contributed by atoms with Gasteiger partial charge in [-0.25, -0.2) is 4.79 Å². The summed E-state index contributed by atoms with van der Waals surface area (Å²) in [5.74, 6) is 0.652. The highest BCUT2D eigenvalue weighted by Crippen LogP contribution is 2.27. The Balaban J connectivity index is 1.58. The van der Waals surface area contributed by atoms with Gasteiger partial charge in [0.15, 0.2) is 0 Å². The van der Waals surface area contributed by atoms with Gasteiger partial charge in [0.05, 0.1) is 24.1 Å². The predicted molar refractivity (Wildman–Crippen MR) is 132 cm³/mol. The molecule has 0 bridgehead atoms. The summed E-state index contributed by atoms with van der Waals surface area (Å²) < 4.78 is 5.18. The topological polar surface area (TPSA) is 95.6 Å². The number of aryl methyl sites for hydroxylation is 1. The standard InChI is InChI=1S/C26H24N4O3/c1-16-12-13-19(29-26(32)28-18-8-7-9-20(14-18)33-3)15-23(16)27-17(2)24-21-10-5-4-6-11-22(21)30-25(24)31/h4-15H,1-3H3,(H,30,31)(H2,28,29,32)/b27-17+. The van der Waals surface area contributed by atoms with Gasteiger partial charge in [-0.05, 0) is 49.7 Å². The molecule has 7 heteroatoms. The molecule has 1 aliphatic carbocycles. The average Bonchev–Trinajstić information content (AvgIpc) is 2.94. The van der Waals surface area contributed by atoms with Crippen molar-refractivity contribution in [2.24, 2.45) is 4.99 Å². The lowest BCUT2D eigenvalue weighted by atomic mass is 10.1. The minimum atomic E-state index is -0.385. The van der Waals surface area contributed by atoms with Crippen molar-refractivity contribution in [2.45, 2.75) is 13.8 Å². The number of aromatic nitrogens is 1. The normalized spacial score (nSPS) is 11.3. The third kappa shape index (κ3) is 4.93. The van der Waals surface area contributed by atoms with E-state index >= 15 is 0 Å². The number of rotatable bonds is 5. The summed E-state index contributed by atoms with van der Waals surface area (Å²) in [5.41, 5.74) is 5.32. The lowest BCUT2D eigenvalue weighted by molar-refractivity contribution is 0.262. The first-order chi connectivity index (χ1) is 15.9. The van der Waals surface area contributed by atoms with E-state index in [1.165, 1.54) is 0 Å². The van der Waals surface area contributed by atoms with Crippen molar-refractivity contribution in [1.29, 1.82) is 0 Å². The van der Waals surface area contributed by atoms with Crippen molar-refractivity contribution in [3.8, 4) is 17.0 Å². The highest BCUT2D eigenvalue weighted by Gasteiger charge is 2.16. The molecule has 0 fully saturated rings. The molecule has 1 heterocycles. The Labute approximate surface area is 191 Å². The van der Waals surface area contributed by atoms with Crippen LogP contribution >= 0.6 is 0 Å². The van der Waals surface area contributed by atoms with Crippen LogP contribution in [0, 0.1) is 6.92 Å². The quantitative estimate of drug-likeness (QED) is 0.354. The van der Waals surface area contributed by atoms with Crippen molar-refractivity contribution < 1.29 is 9.53 Å². The molecule has 0 saturated carbocycles. The minimum Gasteiger partial charge on any atom is -0.497 e. The molecule has 2 aromatic rings. The average molecular weight is 441 g/mol. The number of nitrogens with zero attached hydrogens (tertiary/aromatic N) is 1. The van der Waals surface area contributed by atoms with Gasteiger partial charge in [-0.1, -0.05) is 36.4 Å². The molecule has 3 N–H and O–H groups in total. The van der Waals surface area contributed by atoms with E-state index in [9.17, 15) is 9.59 Å². The summed E-state index contributed by atoms with van der Waals surface area (Å²) in [6.07, 6.45) is 0. The van der Waals surface area contributed by atoms with Crippen molar-refractivity contribution >= 4 is 28.8 Å². The second kappa shape index (κ2) is 9.40. The van der Waals surface area contributed by atoms with Gasteiger partial charge < -0.3 is 20.4 Å². The number of benzene rings is 2. The van der Waals surface area contributed by atoms with Gasteiger partial charge in [0, 0.05) is 28.7 Å². The van der Waals surface area contributed by atoms with Crippen LogP contribution in [0.15, 0.2) is 82.6 Å². The number of carbonyl (C=O) groups is 1. The molecule has 0 atom stereocenters. The molecule has 166 valence electrons. The largest absolute Gasteiger partial charge is 0.497 e. The van der Waals surface area contributed by atoms with E-state index in [-0.39, 0.29) is 11.6 Å². The van der Waals surface area contributed by atoms with E-state index in [0.29, 0.717) is 34.1 Å². The zero-order valence-corrected chi connectivity index (χ0v) is 18.6. The maximum atomic E-state index is 12.6. The lowest BCUT2D eigenvalue weighted by Gasteiger charge is -2.10. The number of aromatic amines is 1. The van der Waals surface area contributed by atoms with E-state index in [0.717, 1.165) is 16.8 Å². The second-order valence-electron chi connectivity index (χ2n) is 7.58. The third-order valence-electron chi connectivity index (χ3n) is 5.23. The molecule has 1 aliphatic heterocycles. The van der Waals surface area contributed by atoms with E-state index < -0.39 is 0 Å². The molecular weight excluding hydrogens is 416 g/mol. The number of fused-ring (bicyclic) bond motifs is 1. The van der Waals surface area contributed by atoms with Crippen LogP contribution in [0.5, 0.6) is 5.75 Å². The van der Waals surface area contributed by atoms with Gasteiger partial charge in [-0.15, -0.1) is 0 Å². The SMILES string of the molecule is COc1cccc(NC(=O)Nc2ccc(C)c(/N=C(\C)c3c4cccccc-4[nH]c3=O)c2)c1. The zero-order valence-electron chi connectivity index (χ0n) is 18.6. The Hall–Kier alpha value is -4.39. The number of urea groups is 1. The van der Waals surface area contributed by atoms with Gasteiger partial charge in [0.1, 0.15) is 5.75 Å². The van der Waals surface area contributed by atoms with Crippen LogP contribution < -0.4 is 20.9 Å². The Morgan fingerprint density at radius 1 is 0.939 bits per heavy atom. The number of carbonyl (C=O) groups excluding carboxylic acids is 1. The number of anilines is 2. The monoisotopic (exact) mass is 440 g/mol. The molecule has 4 rings (SSSR count). The van der Waals surface area contributed by atoms with Gasteiger partial charge in [0.25, 0.3) is 5.56 Å². The molecule has 7 nitrogen and oxygen atoms in total. The predicted octanol–water partition coefficient (Wildman–Crippen LogP) is 5.58. The number of nitrogens with one attached hydrogen (secondary N) is 3. The molecular formula is C26H24N4O3. The molecule has 2 aliphatic rings. The van der Waals surface area contributed by atoms with Crippen LogP contribution in [0.1, 0.15) is 18.1 Å². The second-order valence-corrected chi connectivity index (χ2v) is 7.58. The van der Waals surface area contributed by atoms with Gasteiger partial charge in [0.2, 0.25) is 0 Å². The van der Waals surface area contributed by atoms with E-state index in [1.807, 2.05) is 50.2 Å². The number of hydrogen-bond acceptors (Lipinski definition) is 4. The Bertz CT molecular complexity index is 1370. The van der Waals surface area contributed by atoms with Gasteiger partial charge in [-0.2, -0.15) is 0 Å². The summed E-state index contributed by atoms with van der Waals surface area (Å²) in [6, 6.07) is 21.6. The van der Waals surface area contributed by atoms with Crippen LogP contribution in [0.25, 0.3) is 11.3 Å². The summed E-state index contributed by atoms with van der Waals surface area (Å²) in [4.78, 5) is 32.6. The first-order valence-corrected chi connectivity index (χ1v) is 10.4. The number of aliphatic imine (C=N–C) groups is 1. The third-order valence-corrected chi connectivity index (χ3v) is 5.23. The van der Waals surface area contributed by atoms with E-state index in [1.54, 1.807) is 43.5 Å². The Morgan fingerprint density at radius 2 is 1.70 bits per heavy atom. The summed E-state index contributed by atoms with van der Waals surface area (Å²) in [5, 5.41) is 5.60. The molecule has 0 spiro atoms. The van der Waals surface area contributed by atoms with Gasteiger partial charge in [-0.3, -0.25) is 9.79 Å². The number of methoxy groups -OCH3 is 1. The fraction of sp³-hybridized carbons (Fsp3) is 0.115. The lowest BCUT2D eigenvalue weighted by Crippen LogP contribution is -2.19. The van der Waals surface area contributed by atoms with Crippen LogP contribution in [-0.4, -0.2) is 23.8 Å². The summed E-state index contributed by atoms with van der Waals surface area (Å²) in [6.45, 7) is 3.74. The highest BCUT2D eigenvalue weighted by molar-refractivity contribution is 6.06. The smallest absolute Gasteiger partial charge is 0.323 e. The van der Waals surface area contributed by atoms with E-state index in [4.69, 9.17) is 9.73 Å².